The number of azide groups is 1. The van der Waals surface area contributed by atoms with Crippen LogP contribution in [0.25, 0.3) is 10.4 Å². The summed E-state index contributed by atoms with van der Waals surface area (Å²) in [7, 11) is 0. The molecule has 2 N–H and O–H groups in total. The van der Waals surface area contributed by atoms with E-state index >= 15 is 0 Å². The largest absolute Gasteiger partial charge is 0.481 e. The molecule has 0 aromatic carbocycles. The van der Waals surface area contributed by atoms with Crippen LogP contribution in [0.5, 0.6) is 0 Å². The number of nitrogens with zero attached hydrogens (tertiary/aromatic N) is 4. The summed E-state index contributed by atoms with van der Waals surface area (Å²) < 4.78 is 132. The molecule has 0 atom stereocenters. The van der Waals surface area contributed by atoms with Gasteiger partial charge >= 0.3 is 11.9 Å². The summed E-state index contributed by atoms with van der Waals surface area (Å²) in [5.74, 6) is -1.88. The number of hydrogen-bond donors (Lipinski definition) is 2. The van der Waals surface area contributed by atoms with Gasteiger partial charge in [-0.2, -0.15) is 0 Å². The lowest BCUT2D eigenvalue weighted by atomic mass is 10.3. The topological polar surface area (TPSA) is 365 Å². The number of amides is 1. The number of hydrogen-bond acceptors (Lipinski definition) is 28. The molecule has 0 rings (SSSR count). The molecule has 0 aliphatic rings. The summed E-state index contributed by atoms with van der Waals surface area (Å²) in [6, 6.07) is 0. The molecule has 0 heterocycles. The summed E-state index contributed by atoms with van der Waals surface area (Å²) >= 11 is 0. The average molecular weight is 1320 g/mol. The van der Waals surface area contributed by atoms with E-state index in [-0.39, 0.29) is 45.0 Å². The van der Waals surface area contributed by atoms with Crippen LogP contribution >= 0.6 is 0 Å². The first-order chi connectivity index (χ1) is 44.5. The van der Waals surface area contributed by atoms with E-state index in [4.69, 9.17) is 129 Å². The minimum Gasteiger partial charge on any atom is -0.481 e. The van der Waals surface area contributed by atoms with Gasteiger partial charge in [-0.1, -0.05) is 5.11 Å². The van der Waals surface area contributed by atoms with Crippen molar-refractivity contribution in [1.82, 2.24) is 4.90 Å². The maximum Gasteiger partial charge on any atom is 0.305 e. The summed E-state index contributed by atoms with van der Waals surface area (Å²) in [5.41, 5.74) is 8.21. The summed E-state index contributed by atoms with van der Waals surface area (Å²) in [5, 5.41) is 20.5. The molecular formula is C57H110N4O29. The van der Waals surface area contributed by atoms with Crippen LogP contribution in [-0.2, 0) is 128 Å². The van der Waals surface area contributed by atoms with Gasteiger partial charge in [0.15, 0.2) is 0 Å². The van der Waals surface area contributed by atoms with Gasteiger partial charge in [-0.25, -0.2) is 0 Å². The van der Waals surface area contributed by atoms with E-state index < -0.39 is 11.9 Å². The highest BCUT2D eigenvalue weighted by Crippen LogP contribution is 1.99. The molecule has 0 aliphatic carbocycles. The number of carboxylic acid groups (broad SMARTS) is 2. The summed E-state index contributed by atoms with van der Waals surface area (Å²) in [4.78, 5) is 38.5. The fourth-order valence-electron chi connectivity index (χ4n) is 6.42. The van der Waals surface area contributed by atoms with E-state index in [0.29, 0.717) is 317 Å². The molecule has 0 saturated heterocycles. The molecule has 0 spiro atoms. The van der Waals surface area contributed by atoms with Gasteiger partial charge in [0.2, 0.25) is 5.91 Å². The van der Waals surface area contributed by atoms with E-state index in [2.05, 4.69) is 10.0 Å². The van der Waals surface area contributed by atoms with Crippen LogP contribution in [-0.4, -0.2) is 370 Å². The lowest BCUT2D eigenvalue weighted by Gasteiger charge is -2.23. The number of carbonyl (C=O) groups excluding carboxylic acids is 1. The fourth-order valence-corrected chi connectivity index (χ4v) is 6.42. The summed E-state index contributed by atoms with van der Waals surface area (Å²) in [6.45, 7) is 19.8. The molecule has 90 heavy (non-hydrogen) atoms. The minimum atomic E-state index is -0.893. The molecule has 33 nitrogen and oxygen atoms in total. The van der Waals surface area contributed by atoms with Crippen molar-refractivity contribution in [2.45, 2.75) is 19.3 Å². The van der Waals surface area contributed by atoms with Gasteiger partial charge in [0.1, 0.15) is 0 Å². The van der Waals surface area contributed by atoms with Crippen LogP contribution in [0.2, 0.25) is 0 Å². The molecule has 0 saturated carbocycles. The molecule has 0 fully saturated rings. The van der Waals surface area contributed by atoms with Crippen molar-refractivity contribution in [3.05, 3.63) is 10.4 Å². The van der Waals surface area contributed by atoms with E-state index in [9.17, 15) is 14.4 Å². The van der Waals surface area contributed by atoms with E-state index in [1.54, 1.807) is 4.90 Å². The molecule has 0 radical (unpaired) electrons. The Bertz CT molecular complexity index is 1460. The first kappa shape index (κ1) is 86.8. The number of ether oxygens (including phenoxy) is 24. The third-order valence-electron chi connectivity index (χ3n) is 11.0. The molecule has 0 unspecified atom stereocenters. The Morgan fingerprint density at radius 1 is 0.244 bits per heavy atom. The van der Waals surface area contributed by atoms with Crippen molar-refractivity contribution < 1.29 is 138 Å². The highest BCUT2D eigenvalue weighted by molar-refractivity contribution is 5.76. The van der Waals surface area contributed by atoms with Gasteiger partial charge in [0.25, 0.3) is 0 Å². The van der Waals surface area contributed by atoms with Crippen molar-refractivity contribution in [2.24, 2.45) is 5.11 Å². The first-order valence-corrected chi connectivity index (χ1v) is 31.0. The molecule has 0 aromatic heterocycles. The number of aliphatic carboxylic acids is 2. The molecular weight excluding hydrogens is 1200 g/mol. The van der Waals surface area contributed by atoms with E-state index in [1.165, 1.54) is 0 Å². The lowest BCUT2D eigenvalue weighted by molar-refractivity contribution is -0.139. The van der Waals surface area contributed by atoms with Gasteiger partial charge in [-0.15, -0.1) is 0 Å². The average Bonchev–Trinajstić information content (AvgIpc) is 3.69. The molecule has 33 heteroatoms. The van der Waals surface area contributed by atoms with Gasteiger partial charge < -0.3 is 129 Å². The SMILES string of the molecule is [N-]=[N+]=NCCOCCOCCOCCOCCOCCOCCOCCOCCC(=O)N(CCOCCOCCOCCOCCOCCOCCOCCOCCC(=O)O)CCOCCOCCOCCOCCOCCOCCOCCOCCC(=O)O. The molecule has 0 aliphatic heterocycles. The predicted octanol–water partition coefficient (Wildman–Crippen LogP) is 0.863. The highest BCUT2D eigenvalue weighted by Gasteiger charge is 2.14. The van der Waals surface area contributed by atoms with Gasteiger partial charge in [-0.3, -0.25) is 14.4 Å². The smallest absolute Gasteiger partial charge is 0.305 e. The predicted molar refractivity (Wildman–Crippen MR) is 319 cm³/mol. The highest BCUT2D eigenvalue weighted by atomic mass is 16.6. The normalized spacial score (nSPS) is 11.5. The Morgan fingerprint density at radius 3 is 0.578 bits per heavy atom. The van der Waals surface area contributed by atoms with Crippen molar-refractivity contribution in [2.75, 3.05) is 337 Å². The van der Waals surface area contributed by atoms with E-state index in [0.717, 1.165) is 0 Å². The van der Waals surface area contributed by atoms with Crippen LogP contribution in [0.4, 0.5) is 0 Å². The zero-order valence-corrected chi connectivity index (χ0v) is 53.4. The van der Waals surface area contributed by atoms with Crippen LogP contribution in [0.1, 0.15) is 19.3 Å². The Balaban J connectivity index is 4.10. The van der Waals surface area contributed by atoms with Crippen molar-refractivity contribution in [1.29, 1.82) is 0 Å². The zero-order chi connectivity index (χ0) is 64.9. The van der Waals surface area contributed by atoms with Crippen LogP contribution in [0.15, 0.2) is 5.11 Å². The number of carbonyl (C=O) groups is 3. The van der Waals surface area contributed by atoms with Crippen LogP contribution < -0.4 is 0 Å². The third-order valence-corrected chi connectivity index (χ3v) is 11.0. The maximum absolute atomic E-state index is 13.2. The second kappa shape index (κ2) is 78.2. The van der Waals surface area contributed by atoms with Crippen molar-refractivity contribution in [3.63, 3.8) is 0 Å². The maximum atomic E-state index is 13.2. The van der Waals surface area contributed by atoms with Gasteiger partial charge in [0, 0.05) is 24.5 Å². The Morgan fingerprint density at radius 2 is 0.400 bits per heavy atom. The van der Waals surface area contributed by atoms with Crippen molar-refractivity contribution >= 4 is 17.8 Å². The number of carboxylic acids is 2. The quantitative estimate of drug-likeness (QED) is 0.0369. The second-order valence-corrected chi connectivity index (χ2v) is 18.1. The molecule has 0 bridgehead atoms. The molecule has 1 amide bonds. The van der Waals surface area contributed by atoms with Gasteiger partial charge in [-0.05, 0) is 5.53 Å². The van der Waals surface area contributed by atoms with Crippen LogP contribution in [0.3, 0.4) is 0 Å². The third kappa shape index (κ3) is 77.2. The first-order valence-electron chi connectivity index (χ1n) is 31.0. The summed E-state index contributed by atoms with van der Waals surface area (Å²) in [6.07, 6.45) is 0.130. The standard InChI is InChI=1S/C57H110N4O29/c58-60-59-4-10-70-16-22-76-28-34-82-40-46-88-52-49-85-43-37-79-31-25-73-19-13-67-7-1-55(62)61(5-11-71-17-23-77-29-35-83-41-47-89-53-50-86-44-38-80-32-26-74-20-14-68-8-2-56(63)64)6-12-72-18-24-78-30-36-84-42-48-90-54-51-87-45-39-81-33-27-75-21-15-69-9-3-57(65)66/h1-54H2,(H,63,64)(H,65,66). The lowest BCUT2D eigenvalue weighted by Crippen LogP contribution is -2.37. The Kier molecular flexibility index (Phi) is 75.4. The molecule has 0 aromatic rings. The Labute approximate surface area is 531 Å². The van der Waals surface area contributed by atoms with Crippen LogP contribution in [0, 0.1) is 0 Å². The van der Waals surface area contributed by atoms with Gasteiger partial charge in [0.05, 0.1) is 336 Å². The second-order valence-electron chi connectivity index (χ2n) is 18.1. The monoisotopic (exact) mass is 1310 g/mol. The minimum absolute atomic E-state index is 0.0262. The zero-order valence-electron chi connectivity index (χ0n) is 53.4. The fraction of sp³-hybridized carbons (Fsp3) is 0.947. The Hall–Kier alpha value is -3.24. The number of rotatable bonds is 81. The van der Waals surface area contributed by atoms with Crippen molar-refractivity contribution in [3.8, 4) is 0 Å². The molecule has 532 valence electrons. The van der Waals surface area contributed by atoms with E-state index in [1.807, 2.05) is 0 Å².